The van der Waals surface area contributed by atoms with Gasteiger partial charge >= 0.3 is 12.6 Å². The number of nitrogens with zero attached hydrogens (tertiary/aromatic N) is 6. The first kappa shape index (κ1) is 26.3. The van der Waals surface area contributed by atoms with E-state index in [0.717, 1.165) is 16.7 Å². The molecule has 2 amide bonds. The highest BCUT2D eigenvalue weighted by Gasteiger charge is 2.36. The Balaban J connectivity index is 1.31. The second-order valence-electron chi connectivity index (χ2n) is 10.1. The summed E-state index contributed by atoms with van der Waals surface area (Å²) in [7, 11) is 1.63. The number of alkyl halides is 2. The number of terminal acetylenes is 1. The van der Waals surface area contributed by atoms with Crippen LogP contribution in [0.5, 0.6) is 5.75 Å². The number of benzene rings is 2. The molecule has 10 nitrogen and oxygen atoms in total. The van der Waals surface area contributed by atoms with E-state index in [-0.39, 0.29) is 29.9 Å². The van der Waals surface area contributed by atoms with Crippen LogP contribution >= 0.6 is 0 Å². The molecular formula is C29H27F2N7O3. The predicted molar refractivity (Wildman–Crippen MR) is 149 cm³/mol. The van der Waals surface area contributed by atoms with Crippen LogP contribution in [0, 0.1) is 12.3 Å². The minimum Gasteiger partial charge on any atom is -0.434 e. The largest absolute Gasteiger partial charge is 0.434 e. The molecule has 2 aliphatic heterocycles. The lowest BCUT2D eigenvalue weighted by atomic mass is 10.1. The number of nitrogens with one attached hydrogen (secondary N) is 1. The highest BCUT2D eigenvalue weighted by molar-refractivity contribution is 5.84. The van der Waals surface area contributed by atoms with Crippen LogP contribution in [-0.4, -0.2) is 69.1 Å². The number of fused-ring (bicyclic) bond motifs is 2. The average Bonchev–Trinajstić information content (AvgIpc) is 3.46. The third kappa shape index (κ3) is 4.95. The summed E-state index contributed by atoms with van der Waals surface area (Å²) >= 11 is 0. The zero-order chi connectivity index (χ0) is 28.7. The molecule has 0 unspecified atom stereocenters. The molecule has 0 bridgehead atoms. The first-order chi connectivity index (χ1) is 19.8. The van der Waals surface area contributed by atoms with Crippen LogP contribution in [0.15, 0.2) is 53.6 Å². The quantitative estimate of drug-likeness (QED) is 0.350. The van der Waals surface area contributed by atoms with Crippen molar-refractivity contribution in [3.8, 4) is 29.2 Å². The zero-order valence-electron chi connectivity index (χ0n) is 22.3. The van der Waals surface area contributed by atoms with Gasteiger partial charge in [0.1, 0.15) is 5.75 Å². The second kappa shape index (κ2) is 10.6. The minimum atomic E-state index is -2.99. The standard InChI is InChI=1S/C29H27F2N7O3/c1-3-4-18-5-8-25(41-27(30)31)20(11-18)16-38-24-12-19(6-7-23(24)26(39)35(38)2)21-13-32-28(33-14-21)36-9-10-37-22(17-36)15-34-29(37)40/h1,5-8,11-14,22,27H,4,9-10,15-17H2,2H3,(H,34,40)/t22-/m1/s1. The van der Waals surface area contributed by atoms with Crippen molar-refractivity contribution < 1.29 is 18.3 Å². The summed E-state index contributed by atoms with van der Waals surface area (Å²) in [5, 5.41) is 3.36. The maximum atomic E-state index is 13.1. The molecule has 2 aromatic carbocycles. The number of amides is 2. The molecular weight excluding hydrogens is 532 g/mol. The minimum absolute atomic E-state index is 0.0220. The molecule has 12 heteroatoms. The molecule has 0 spiro atoms. The van der Waals surface area contributed by atoms with Crippen molar-refractivity contribution in [3.05, 3.63) is 70.3 Å². The van der Waals surface area contributed by atoms with Crippen LogP contribution in [-0.2, 0) is 20.0 Å². The van der Waals surface area contributed by atoms with Gasteiger partial charge in [-0.2, -0.15) is 8.78 Å². The molecule has 0 aliphatic carbocycles. The molecule has 1 atom stereocenters. The normalized spacial score (nSPS) is 16.7. The number of anilines is 1. The number of ether oxygens (including phenoxy) is 1. The van der Waals surface area contributed by atoms with Crippen LogP contribution < -0.4 is 20.5 Å². The average molecular weight is 560 g/mol. The van der Waals surface area contributed by atoms with Gasteiger partial charge in [-0.05, 0) is 35.4 Å². The smallest absolute Gasteiger partial charge is 0.387 e. The van der Waals surface area contributed by atoms with Crippen molar-refractivity contribution in [2.24, 2.45) is 7.05 Å². The van der Waals surface area contributed by atoms with E-state index in [1.54, 1.807) is 42.3 Å². The lowest BCUT2D eigenvalue weighted by molar-refractivity contribution is -0.0505. The van der Waals surface area contributed by atoms with Gasteiger partial charge in [-0.25, -0.2) is 14.8 Å². The van der Waals surface area contributed by atoms with Crippen LogP contribution in [0.3, 0.4) is 0 Å². The van der Waals surface area contributed by atoms with E-state index in [0.29, 0.717) is 55.0 Å². The highest BCUT2D eigenvalue weighted by Crippen LogP contribution is 2.28. The first-order valence-corrected chi connectivity index (χ1v) is 13.1. The van der Waals surface area contributed by atoms with Crippen LogP contribution in [0.4, 0.5) is 19.5 Å². The Hall–Kier alpha value is -4.92. The maximum Gasteiger partial charge on any atom is 0.387 e. The van der Waals surface area contributed by atoms with Gasteiger partial charge in [0, 0.05) is 63.2 Å². The summed E-state index contributed by atoms with van der Waals surface area (Å²) in [6, 6.07) is 10.4. The van der Waals surface area contributed by atoms with Gasteiger partial charge in [0.25, 0.3) is 5.56 Å². The van der Waals surface area contributed by atoms with Gasteiger partial charge < -0.3 is 19.9 Å². The number of urea groups is 1. The van der Waals surface area contributed by atoms with E-state index in [9.17, 15) is 18.4 Å². The van der Waals surface area contributed by atoms with Crippen LogP contribution in [0.2, 0.25) is 0 Å². The van der Waals surface area contributed by atoms with Crippen LogP contribution in [0.25, 0.3) is 22.0 Å². The van der Waals surface area contributed by atoms with Gasteiger partial charge in [-0.3, -0.25) is 14.2 Å². The third-order valence-corrected chi connectivity index (χ3v) is 7.62. The number of carbonyl (C=O) groups excluding carboxylic acids is 1. The van der Waals surface area contributed by atoms with E-state index in [1.165, 1.54) is 10.7 Å². The first-order valence-electron chi connectivity index (χ1n) is 13.1. The molecule has 2 saturated heterocycles. The van der Waals surface area contributed by atoms with Gasteiger partial charge in [0.15, 0.2) is 0 Å². The molecule has 4 aromatic rings. The monoisotopic (exact) mass is 559 g/mol. The topological polar surface area (TPSA) is 97.5 Å². The highest BCUT2D eigenvalue weighted by atomic mass is 19.3. The molecule has 0 saturated carbocycles. The predicted octanol–water partition coefficient (Wildman–Crippen LogP) is 2.84. The molecule has 2 aromatic heterocycles. The van der Waals surface area contributed by atoms with Gasteiger partial charge in [0.05, 0.1) is 23.5 Å². The molecule has 4 heterocycles. The van der Waals surface area contributed by atoms with Crippen molar-refractivity contribution in [2.45, 2.75) is 25.6 Å². The number of rotatable bonds is 7. The number of halogens is 2. The van der Waals surface area contributed by atoms with Crippen molar-refractivity contribution in [1.82, 2.24) is 29.5 Å². The van der Waals surface area contributed by atoms with Gasteiger partial charge in [-0.1, -0.05) is 12.1 Å². The summed E-state index contributed by atoms with van der Waals surface area (Å²) in [6.45, 7) is -0.367. The summed E-state index contributed by atoms with van der Waals surface area (Å²) in [6.07, 6.45) is 9.25. The lowest BCUT2D eigenvalue weighted by Gasteiger charge is -2.36. The number of carbonyl (C=O) groups is 1. The van der Waals surface area contributed by atoms with Gasteiger partial charge in [-0.15, -0.1) is 12.3 Å². The van der Waals surface area contributed by atoms with E-state index in [4.69, 9.17) is 11.2 Å². The fraction of sp³-hybridized carbons (Fsp3) is 0.310. The second-order valence-corrected chi connectivity index (χ2v) is 10.1. The lowest BCUT2D eigenvalue weighted by Crippen LogP contribution is -2.52. The van der Waals surface area contributed by atoms with E-state index in [2.05, 4.69) is 26.1 Å². The van der Waals surface area contributed by atoms with Crippen molar-refractivity contribution >= 4 is 22.9 Å². The zero-order valence-corrected chi connectivity index (χ0v) is 22.3. The Morgan fingerprint density at radius 2 is 1.93 bits per heavy atom. The summed E-state index contributed by atoms with van der Waals surface area (Å²) in [5.74, 6) is 3.17. The summed E-state index contributed by atoms with van der Waals surface area (Å²) in [4.78, 5) is 38.0. The molecule has 41 heavy (non-hydrogen) atoms. The van der Waals surface area contributed by atoms with E-state index >= 15 is 0 Å². The van der Waals surface area contributed by atoms with E-state index < -0.39 is 6.61 Å². The molecule has 6 rings (SSSR count). The van der Waals surface area contributed by atoms with Crippen molar-refractivity contribution in [1.29, 1.82) is 0 Å². The Bertz CT molecular complexity index is 1730. The third-order valence-electron chi connectivity index (χ3n) is 7.62. The Labute approximate surface area is 234 Å². The fourth-order valence-corrected chi connectivity index (χ4v) is 5.52. The number of piperazine rings is 1. The molecule has 1 N–H and O–H groups in total. The number of hydrogen-bond donors (Lipinski definition) is 1. The SMILES string of the molecule is C#CCc1ccc(OC(F)F)c(Cn2c3cc(-c4cnc(N5CCN6C(=O)NC[C@@H]6C5)nc4)ccc3c(=O)n2C)c1. The molecule has 0 radical (unpaired) electrons. The Morgan fingerprint density at radius 1 is 1.12 bits per heavy atom. The summed E-state index contributed by atoms with van der Waals surface area (Å²) in [5.41, 5.74) is 3.22. The number of aromatic nitrogens is 4. The molecule has 210 valence electrons. The van der Waals surface area contributed by atoms with Gasteiger partial charge in [0.2, 0.25) is 5.95 Å². The maximum absolute atomic E-state index is 13.1. The van der Waals surface area contributed by atoms with Crippen molar-refractivity contribution in [3.63, 3.8) is 0 Å². The Kier molecular flexibility index (Phi) is 6.78. The van der Waals surface area contributed by atoms with E-state index in [1.807, 2.05) is 17.0 Å². The van der Waals surface area contributed by atoms with Crippen molar-refractivity contribution in [2.75, 3.05) is 31.1 Å². The summed E-state index contributed by atoms with van der Waals surface area (Å²) < 4.78 is 34.2. The Morgan fingerprint density at radius 3 is 2.68 bits per heavy atom. The number of hydrogen-bond acceptors (Lipinski definition) is 6. The fourth-order valence-electron chi connectivity index (χ4n) is 5.52. The molecule has 2 fully saturated rings. The molecule has 2 aliphatic rings. The van der Waals surface area contributed by atoms with Crippen LogP contribution in [0.1, 0.15) is 11.1 Å².